The van der Waals surface area contributed by atoms with Crippen LogP contribution in [0.4, 0.5) is 5.69 Å². The fraction of sp³-hybridized carbons (Fsp3) is 0.200. The van der Waals surface area contributed by atoms with Crippen LogP contribution in [0.25, 0.3) is 22.3 Å². The summed E-state index contributed by atoms with van der Waals surface area (Å²) in [6.07, 6.45) is 0. The van der Waals surface area contributed by atoms with E-state index < -0.39 is 10.5 Å². The van der Waals surface area contributed by atoms with Crippen LogP contribution in [0.1, 0.15) is 19.4 Å². The van der Waals surface area contributed by atoms with Gasteiger partial charge in [-0.25, -0.2) is 0 Å². The number of rotatable bonds is 9. The van der Waals surface area contributed by atoms with Crippen LogP contribution in [0.3, 0.4) is 0 Å². The average molecular weight is 477 g/mol. The van der Waals surface area contributed by atoms with Crippen molar-refractivity contribution < 1.29 is 24.0 Å². The molecule has 0 fully saturated rings. The van der Waals surface area contributed by atoms with Gasteiger partial charge in [-0.1, -0.05) is 12.1 Å². The van der Waals surface area contributed by atoms with Crippen molar-refractivity contribution >= 4 is 16.7 Å². The van der Waals surface area contributed by atoms with Gasteiger partial charge in [-0.05, 0) is 55.8 Å². The largest absolute Gasteiger partial charge is 0.618 e. The molecule has 0 N–H and O–H groups in total. The minimum Gasteiger partial charge on any atom is -0.618 e. The fourth-order valence-corrected chi connectivity index (χ4v) is 3.66. The van der Waals surface area contributed by atoms with Crippen molar-refractivity contribution in [1.29, 1.82) is 0 Å². The van der Waals surface area contributed by atoms with Crippen molar-refractivity contribution in [3.05, 3.63) is 98.0 Å². The molecule has 180 valence electrons. The number of nitrogens with zero attached hydrogens (tertiary/aromatic N) is 3. The summed E-state index contributed by atoms with van der Waals surface area (Å²) in [5.74, 6) is 0.840. The average Bonchev–Trinajstić information content (AvgIpc) is 2.86. The maximum Gasteiger partial charge on any atom is 0.357 e. The first-order valence-electron chi connectivity index (χ1n) is 11.0. The van der Waals surface area contributed by atoms with Crippen molar-refractivity contribution in [3.63, 3.8) is 0 Å². The molecule has 1 heterocycles. The second-order valence-corrected chi connectivity index (χ2v) is 7.45. The Kier molecular flexibility index (Phi) is 6.81. The lowest BCUT2D eigenvalue weighted by Gasteiger charge is -2.16. The van der Waals surface area contributed by atoms with E-state index in [-0.39, 0.29) is 34.6 Å². The summed E-state index contributed by atoms with van der Waals surface area (Å²) in [5.41, 5.74) is 0.458. The van der Waals surface area contributed by atoms with Crippen LogP contribution in [0.15, 0.2) is 71.5 Å². The number of aromatic nitrogens is 2. The summed E-state index contributed by atoms with van der Waals surface area (Å²) < 4.78 is 12.9. The fourth-order valence-electron chi connectivity index (χ4n) is 3.66. The quantitative estimate of drug-likeness (QED) is 0.156. The molecule has 1 aromatic heterocycles. The highest BCUT2D eigenvalue weighted by atomic mass is 16.7. The van der Waals surface area contributed by atoms with Gasteiger partial charge in [-0.3, -0.25) is 14.9 Å². The van der Waals surface area contributed by atoms with Gasteiger partial charge in [-0.2, -0.15) is 4.73 Å². The molecule has 3 aromatic carbocycles. The topological polar surface area (TPSA) is 120 Å². The molecule has 0 aliphatic carbocycles. The lowest BCUT2D eigenvalue weighted by Crippen LogP contribution is -2.42. The minimum atomic E-state index is -0.685. The summed E-state index contributed by atoms with van der Waals surface area (Å²) >= 11 is 0. The predicted octanol–water partition coefficient (Wildman–Crippen LogP) is 3.64. The van der Waals surface area contributed by atoms with E-state index in [1.165, 1.54) is 12.1 Å². The third-order valence-corrected chi connectivity index (χ3v) is 5.23. The van der Waals surface area contributed by atoms with Gasteiger partial charge < -0.3 is 19.5 Å². The highest BCUT2D eigenvalue weighted by Crippen LogP contribution is 2.31. The summed E-state index contributed by atoms with van der Waals surface area (Å²) in [6, 6.07) is 17.3. The zero-order valence-corrected chi connectivity index (χ0v) is 19.2. The van der Waals surface area contributed by atoms with Gasteiger partial charge in [0, 0.05) is 18.2 Å². The predicted molar refractivity (Wildman–Crippen MR) is 128 cm³/mol. The molecule has 0 aliphatic rings. The van der Waals surface area contributed by atoms with Crippen LogP contribution in [-0.2, 0) is 6.61 Å². The third kappa shape index (κ3) is 4.72. The normalized spacial score (nSPS) is 10.8. The van der Waals surface area contributed by atoms with E-state index in [9.17, 15) is 20.1 Å². The minimum absolute atomic E-state index is 0.0524. The Morgan fingerprint density at radius 1 is 0.971 bits per heavy atom. The molecule has 4 rings (SSSR count). The first-order chi connectivity index (χ1) is 16.9. The Hall–Kier alpha value is -4.60. The van der Waals surface area contributed by atoms with E-state index in [1.54, 1.807) is 61.5 Å². The third-order valence-electron chi connectivity index (χ3n) is 5.23. The number of benzene rings is 3. The van der Waals surface area contributed by atoms with E-state index in [1.807, 2.05) is 6.92 Å². The Balaban J connectivity index is 1.85. The molecule has 10 heteroatoms. The lowest BCUT2D eigenvalue weighted by atomic mass is 10.1. The number of nitro groups is 1. The molecule has 0 saturated heterocycles. The molecule has 0 saturated carbocycles. The first-order valence-corrected chi connectivity index (χ1v) is 11.0. The molecule has 0 spiro atoms. The molecular formula is C25H23N3O7. The SMILES string of the molecule is CCOc1ccc(OCC)c(-c2c(=O)n(OCc3ccc([N+](=O)[O-])cc3)c3ccccc3[n+]2[O-])c1. The Bertz CT molecular complexity index is 1430. The van der Waals surface area contributed by atoms with Gasteiger partial charge in [0.05, 0.1) is 23.7 Å². The van der Waals surface area contributed by atoms with Crippen LogP contribution >= 0.6 is 0 Å². The van der Waals surface area contributed by atoms with Crippen LogP contribution in [0.5, 0.6) is 11.5 Å². The monoisotopic (exact) mass is 477 g/mol. The molecule has 0 radical (unpaired) electrons. The highest BCUT2D eigenvalue weighted by molar-refractivity contribution is 5.75. The number of hydrogen-bond acceptors (Lipinski definition) is 7. The van der Waals surface area contributed by atoms with Crippen molar-refractivity contribution in [2.75, 3.05) is 13.2 Å². The smallest absolute Gasteiger partial charge is 0.357 e. The Morgan fingerprint density at radius 2 is 1.69 bits per heavy atom. The van der Waals surface area contributed by atoms with Gasteiger partial charge >= 0.3 is 5.56 Å². The van der Waals surface area contributed by atoms with Crippen molar-refractivity contribution in [2.45, 2.75) is 20.5 Å². The van der Waals surface area contributed by atoms with E-state index >= 15 is 0 Å². The van der Waals surface area contributed by atoms with Crippen LogP contribution in [0, 0.1) is 15.3 Å². The van der Waals surface area contributed by atoms with E-state index in [4.69, 9.17) is 14.3 Å². The number of ether oxygens (including phenoxy) is 2. The first kappa shape index (κ1) is 23.6. The van der Waals surface area contributed by atoms with E-state index in [0.29, 0.717) is 35.0 Å². The molecule has 10 nitrogen and oxygen atoms in total. The number of para-hydroxylation sites is 2. The Labute approximate surface area is 200 Å². The van der Waals surface area contributed by atoms with Gasteiger partial charge in [0.15, 0.2) is 5.52 Å². The van der Waals surface area contributed by atoms with E-state index in [2.05, 4.69) is 0 Å². The summed E-state index contributed by atoms with van der Waals surface area (Å²) in [6.45, 7) is 4.32. The number of non-ortho nitro benzene ring substituents is 1. The molecule has 4 aromatic rings. The molecule has 0 amide bonds. The van der Waals surface area contributed by atoms with Crippen LogP contribution in [-0.4, -0.2) is 22.9 Å². The van der Waals surface area contributed by atoms with Crippen molar-refractivity contribution in [1.82, 2.24) is 4.73 Å². The number of fused-ring (bicyclic) bond motifs is 1. The van der Waals surface area contributed by atoms with Crippen LogP contribution < -0.4 is 24.6 Å². The molecule has 0 unspecified atom stereocenters. The zero-order valence-electron chi connectivity index (χ0n) is 19.2. The van der Waals surface area contributed by atoms with Crippen molar-refractivity contribution in [3.8, 4) is 22.8 Å². The number of hydrogen-bond donors (Lipinski definition) is 0. The van der Waals surface area contributed by atoms with E-state index in [0.717, 1.165) is 4.73 Å². The molecular weight excluding hydrogens is 454 g/mol. The van der Waals surface area contributed by atoms with Crippen molar-refractivity contribution in [2.24, 2.45) is 0 Å². The second kappa shape index (κ2) is 10.1. The van der Waals surface area contributed by atoms with Gasteiger partial charge in [0.1, 0.15) is 18.1 Å². The lowest BCUT2D eigenvalue weighted by molar-refractivity contribution is -0.566. The van der Waals surface area contributed by atoms with Gasteiger partial charge in [-0.15, -0.1) is 4.73 Å². The highest BCUT2D eigenvalue weighted by Gasteiger charge is 2.27. The zero-order chi connectivity index (χ0) is 24.9. The number of nitro benzene ring substituents is 1. The van der Waals surface area contributed by atoms with Crippen LogP contribution in [0.2, 0.25) is 0 Å². The molecule has 0 atom stereocenters. The Morgan fingerprint density at radius 3 is 2.37 bits per heavy atom. The molecule has 0 aliphatic heterocycles. The maximum atomic E-state index is 13.6. The summed E-state index contributed by atoms with van der Waals surface area (Å²) in [4.78, 5) is 29.9. The summed E-state index contributed by atoms with van der Waals surface area (Å²) in [7, 11) is 0. The maximum absolute atomic E-state index is 13.6. The second-order valence-electron chi connectivity index (χ2n) is 7.45. The standard InChI is InChI=1S/C25H23N3O7/c1-3-33-19-13-14-23(34-4-2)20(15-19)24-25(29)27(22-8-6-5-7-21(22)26(24)30)35-16-17-9-11-18(12-10-17)28(31)32/h5-15H,3-4,16H2,1-2H3. The molecule has 35 heavy (non-hydrogen) atoms. The summed E-state index contributed by atoms with van der Waals surface area (Å²) in [5, 5.41) is 24.3. The molecule has 0 bridgehead atoms. The van der Waals surface area contributed by atoms with Gasteiger partial charge in [0.25, 0.3) is 11.4 Å². The van der Waals surface area contributed by atoms with Gasteiger partial charge in [0.2, 0.25) is 5.52 Å².